The Kier molecular flexibility index (Phi) is 4.56. The third-order valence-electron chi connectivity index (χ3n) is 3.03. The number of carbonyl (C=O) groups excluding carboxylic acids is 1. The molecule has 0 spiro atoms. The SMILES string of the molecule is CCOc1ccc2c(ccn2CCC(=O)OC(C)(C)C)c1. The van der Waals surface area contributed by atoms with Gasteiger partial charge in [0.1, 0.15) is 11.4 Å². The molecule has 4 heteroatoms. The number of nitrogens with zero attached hydrogens (tertiary/aromatic N) is 1. The van der Waals surface area contributed by atoms with Gasteiger partial charge in [0.15, 0.2) is 0 Å². The molecule has 114 valence electrons. The minimum absolute atomic E-state index is 0.171. The van der Waals surface area contributed by atoms with Crippen LogP contribution in [0.2, 0.25) is 0 Å². The maximum atomic E-state index is 11.8. The first kappa shape index (κ1) is 15.4. The van der Waals surface area contributed by atoms with Crippen molar-refractivity contribution >= 4 is 16.9 Å². The molecule has 0 fully saturated rings. The summed E-state index contributed by atoms with van der Waals surface area (Å²) in [7, 11) is 0. The fraction of sp³-hybridized carbons (Fsp3) is 0.471. The quantitative estimate of drug-likeness (QED) is 0.787. The molecular formula is C17H23NO3. The zero-order chi connectivity index (χ0) is 15.5. The molecule has 0 N–H and O–H groups in total. The van der Waals surface area contributed by atoms with Gasteiger partial charge in [-0.3, -0.25) is 4.79 Å². The van der Waals surface area contributed by atoms with Crippen molar-refractivity contribution in [1.82, 2.24) is 4.57 Å². The van der Waals surface area contributed by atoms with Crippen molar-refractivity contribution < 1.29 is 14.3 Å². The van der Waals surface area contributed by atoms with E-state index >= 15 is 0 Å². The van der Waals surface area contributed by atoms with Crippen LogP contribution in [0.5, 0.6) is 5.75 Å². The van der Waals surface area contributed by atoms with Gasteiger partial charge in [0.05, 0.1) is 13.0 Å². The first-order valence-corrected chi connectivity index (χ1v) is 7.32. The summed E-state index contributed by atoms with van der Waals surface area (Å²) in [5.74, 6) is 0.699. The molecule has 0 saturated heterocycles. The van der Waals surface area contributed by atoms with Gasteiger partial charge in [-0.25, -0.2) is 0 Å². The summed E-state index contributed by atoms with van der Waals surface area (Å²) in [6.45, 7) is 8.88. The highest BCUT2D eigenvalue weighted by Gasteiger charge is 2.16. The molecule has 0 saturated carbocycles. The van der Waals surface area contributed by atoms with Gasteiger partial charge in [-0.15, -0.1) is 0 Å². The Labute approximate surface area is 125 Å². The van der Waals surface area contributed by atoms with E-state index in [4.69, 9.17) is 9.47 Å². The van der Waals surface area contributed by atoms with Gasteiger partial charge in [0.25, 0.3) is 0 Å². The monoisotopic (exact) mass is 289 g/mol. The van der Waals surface area contributed by atoms with E-state index in [2.05, 4.69) is 4.57 Å². The van der Waals surface area contributed by atoms with E-state index in [1.165, 1.54) is 0 Å². The Bertz CT molecular complexity index is 622. The molecule has 21 heavy (non-hydrogen) atoms. The summed E-state index contributed by atoms with van der Waals surface area (Å²) < 4.78 is 12.9. The van der Waals surface area contributed by atoms with Crippen molar-refractivity contribution in [3.63, 3.8) is 0 Å². The zero-order valence-corrected chi connectivity index (χ0v) is 13.2. The maximum Gasteiger partial charge on any atom is 0.308 e. The number of rotatable bonds is 5. The van der Waals surface area contributed by atoms with Crippen molar-refractivity contribution in [1.29, 1.82) is 0 Å². The van der Waals surface area contributed by atoms with E-state index in [1.54, 1.807) is 0 Å². The Morgan fingerprint density at radius 2 is 2.00 bits per heavy atom. The molecule has 0 atom stereocenters. The van der Waals surface area contributed by atoms with Crippen LogP contribution in [0.25, 0.3) is 10.9 Å². The fourth-order valence-corrected chi connectivity index (χ4v) is 2.23. The number of fused-ring (bicyclic) bond motifs is 1. The highest BCUT2D eigenvalue weighted by Crippen LogP contribution is 2.22. The second-order valence-corrected chi connectivity index (χ2v) is 6.00. The summed E-state index contributed by atoms with van der Waals surface area (Å²) in [4.78, 5) is 11.8. The number of hydrogen-bond donors (Lipinski definition) is 0. The predicted molar refractivity (Wildman–Crippen MR) is 83.6 cm³/mol. The predicted octanol–water partition coefficient (Wildman–Crippen LogP) is 3.77. The molecule has 2 aromatic rings. The van der Waals surface area contributed by atoms with Crippen molar-refractivity contribution in [3.05, 3.63) is 30.5 Å². The number of ether oxygens (including phenoxy) is 2. The minimum Gasteiger partial charge on any atom is -0.494 e. The van der Waals surface area contributed by atoms with E-state index in [0.29, 0.717) is 19.6 Å². The summed E-state index contributed by atoms with van der Waals surface area (Å²) >= 11 is 0. The first-order chi connectivity index (χ1) is 9.89. The lowest BCUT2D eigenvalue weighted by Crippen LogP contribution is -2.24. The van der Waals surface area contributed by atoms with Crippen LogP contribution in [0.3, 0.4) is 0 Å². The van der Waals surface area contributed by atoms with E-state index in [9.17, 15) is 4.79 Å². The lowest BCUT2D eigenvalue weighted by molar-refractivity contribution is -0.155. The van der Waals surface area contributed by atoms with E-state index in [-0.39, 0.29) is 5.97 Å². The third-order valence-corrected chi connectivity index (χ3v) is 3.03. The van der Waals surface area contributed by atoms with E-state index in [0.717, 1.165) is 16.7 Å². The van der Waals surface area contributed by atoms with Crippen LogP contribution in [0.15, 0.2) is 30.5 Å². The lowest BCUT2D eigenvalue weighted by Gasteiger charge is -2.19. The minimum atomic E-state index is -0.428. The fourth-order valence-electron chi connectivity index (χ4n) is 2.23. The van der Waals surface area contributed by atoms with Crippen LogP contribution in [0.1, 0.15) is 34.1 Å². The van der Waals surface area contributed by atoms with Gasteiger partial charge in [-0.2, -0.15) is 0 Å². The first-order valence-electron chi connectivity index (χ1n) is 7.32. The van der Waals surface area contributed by atoms with Crippen LogP contribution in [0, 0.1) is 0 Å². The average Bonchev–Trinajstić information content (AvgIpc) is 2.77. The second-order valence-electron chi connectivity index (χ2n) is 6.00. The van der Waals surface area contributed by atoms with Gasteiger partial charge in [-0.1, -0.05) is 0 Å². The second kappa shape index (κ2) is 6.20. The molecule has 1 aromatic heterocycles. The summed E-state index contributed by atoms with van der Waals surface area (Å²) in [5, 5.41) is 1.12. The molecule has 0 aliphatic rings. The third kappa shape index (κ3) is 4.25. The Morgan fingerprint density at radius 1 is 1.24 bits per heavy atom. The normalized spacial score (nSPS) is 11.6. The van der Waals surface area contributed by atoms with Gasteiger partial charge in [0, 0.05) is 23.6 Å². The Balaban J connectivity index is 2.04. The molecular weight excluding hydrogens is 266 g/mol. The molecule has 0 amide bonds. The van der Waals surface area contributed by atoms with Gasteiger partial charge in [-0.05, 0) is 52.0 Å². The van der Waals surface area contributed by atoms with Crippen molar-refractivity contribution in [2.24, 2.45) is 0 Å². The number of aryl methyl sites for hydroxylation is 1. The van der Waals surface area contributed by atoms with Crippen molar-refractivity contribution in [3.8, 4) is 5.75 Å². The number of benzene rings is 1. The van der Waals surface area contributed by atoms with Crippen LogP contribution in [-0.4, -0.2) is 22.7 Å². The van der Waals surface area contributed by atoms with Gasteiger partial charge < -0.3 is 14.0 Å². The highest BCUT2D eigenvalue weighted by molar-refractivity contribution is 5.82. The molecule has 0 aliphatic heterocycles. The molecule has 1 heterocycles. The van der Waals surface area contributed by atoms with E-state index < -0.39 is 5.60 Å². The molecule has 0 unspecified atom stereocenters. The standard InChI is InChI=1S/C17H23NO3/c1-5-20-14-6-7-15-13(12-14)8-10-18(15)11-9-16(19)21-17(2,3)4/h6-8,10,12H,5,9,11H2,1-4H3. The summed E-state index contributed by atoms with van der Waals surface area (Å²) in [5.41, 5.74) is 0.671. The van der Waals surface area contributed by atoms with E-state index in [1.807, 2.05) is 58.2 Å². The van der Waals surface area contributed by atoms with Crippen LogP contribution in [-0.2, 0) is 16.1 Å². The highest BCUT2D eigenvalue weighted by atomic mass is 16.6. The van der Waals surface area contributed by atoms with Crippen LogP contribution in [0.4, 0.5) is 0 Å². The number of aromatic nitrogens is 1. The smallest absolute Gasteiger partial charge is 0.308 e. The maximum absolute atomic E-state index is 11.8. The molecule has 0 radical (unpaired) electrons. The lowest BCUT2D eigenvalue weighted by atomic mass is 10.2. The molecule has 0 bridgehead atoms. The van der Waals surface area contributed by atoms with Crippen LogP contribution < -0.4 is 4.74 Å². The largest absolute Gasteiger partial charge is 0.494 e. The summed E-state index contributed by atoms with van der Waals surface area (Å²) in [6.07, 6.45) is 2.36. The topological polar surface area (TPSA) is 40.5 Å². The van der Waals surface area contributed by atoms with Gasteiger partial charge in [0.2, 0.25) is 0 Å². The molecule has 4 nitrogen and oxygen atoms in total. The summed E-state index contributed by atoms with van der Waals surface area (Å²) in [6, 6.07) is 8.03. The Morgan fingerprint density at radius 3 is 2.67 bits per heavy atom. The number of hydrogen-bond acceptors (Lipinski definition) is 3. The van der Waals surface area contributed by atoms with Crippen LogP contribution >= 0.6 is 0 Å². The van der Waals surface area contributed by atoms with Gasteiger partial charge >= 0.3 is 5.97 Å². The molecule has 1 aromatic carbocycles. The van der Waals surface area contributed by atoms with Crippen molar-refractivity contribution in [2.45, 2.75) is 46.3 Å². The molecule has 0 aliphatic carbocycles. The molecule has 2 rings (SSSR count). The zero-order valence-electron chi connectivity index (χ0n) is 13.2. The average molecular weight is 289 g/mol. The van der Waals surface area contributed by atoms with Crippen molar-refractivity contribution in [2.75, 3.05) is 6.61 Å². The number of esters is 1. The Hall–Kier alpha value is -1.97. The number of carbonyl (C=O) groups is 1.